The van der Waals surface area contributed by atoms with E-state index < -0.39 is 0 Å². The van der Waals surface area contributed by atoms with Gasteiger partial charge in [0, 0.05) is 16.6 Å². The molecule has 0 atom stereocenters. The van der Waals surface area contributed by atoms with Crippen LogP contribution in [0.1, 0.15) is 16.0 Å². The van der Waals surface area contributed by atoms with Crippen molar-refractivity contribution in [3.8, 4) is 16.3 Å². The van der Waals surface area contributed by atoms with Crippen LogP contribution in [0.2, 0.25) is 0 Å². The first kappa shape index (κ1) is 14.6. The third kappa shape index (κ3) is 3.28. The van der Waals surface area contributed by atoms with Crippen molar-refractivity contribution in [2.45, 2.75) is 20.5 Å². The summed E-state index contributed by atoms with van der Waals surface area (Å²) in [6, 6.07) is 14.1. The van der Waals surface area contributed by atoms with Gasteiger partial charge in [-0.25, -0.2) is 4.98 Å². The molecule has 2 N–H and O–H groups in total. The monoisotopic (exact) mass is 310 g/mol. The third-order valence-corrected chi connectivity index (χ3v) is 4.32. The first-order valence-corrected chi connectivity index (χ1v) is 7.94. The molecule has 0 unspecified atom stereocenters. The lowest BCUT2D eigenvalue weighted by Crippen LogP contribution is -1.99. The van der Waals surface area contributed by atoms with Crippen LogP contribution < -0.4 is 10.5 Å². The molecule has 0 aliphatic carbocycles. The van der Waals surface area contributed by atoms with Crippen molar-refractivity contribution < 1.29 is 4.74 Å². The normalized spacial score (nSPS) is 10.6. The van der Waals surface area contributed by atoms with Gasteiger partial charge in [-0.3, -0.25) is 0 Å². The molecule has 0 aliphatic heterocycles. The molecule has 3 aromatic rings. The molecule has 0 saturated heterocycles. The fraction of sp³-hybridized carbons (Fsp3) is 0.167. The van der Waals surface area contributed by atoms with Gasteiger partial charge in [-0.2, -0.15) is 0 Å². The highest BCUT2D eigenvalue weighted by atomic mass is 32.1. The van der Waals surface area contributed by atoms with E-state index in [0.717, 1.165) is 16.1 Å². The van der Waals surface area contributed by atoms with E-state index in [1.807, 2.05) is 37.4 Å². The van der Waals surface area contributed by atoms with Crippen LogP contribution >= 0.6 is 11.3 Å². The van der Waals surface area contributed by atoms with Crippen LogP contribution in [-0.2, 0) is 6.61 Å². The van der Waals surface area contributed by atoms with Crippen molar-refractivity contribution in [2.24, 2.45) is 0 Å². The number of anilines is 1. The summed E-state index contributed by atoms with van der Waals surface area (Å²) in [5.41, 5.74) is 10.1. The van der Waals surface area contributed by atoms with Crippen molar-refractivity contribution in [3.05, 3.63) is 64.7 Å². The maximum atomic E-state index is 6.11. The number of thiazole rings is 1. The second-order valence-corrected chi connectivity index (χ2v) is 6.54. The van der Waals surface area contributed by atoms with E-state index in [9.17, 15) is 0 Å². The Morgan fingerprint density at radius 2 is 2.00 bits per heavy atom. The first-order valence-electron chi connectivity index (χ1n) is 7.12. The second-order valence-electron chi connectivity index (χ2n) is 5.31. The first-order chi connectivity index (χ1) is 10.6. The van der Waals surface area contributed by atoms with Gasteiger partial charge >= 0.3 is 0 Å². The van der Waals surface area contributed by atoms with Gasteiger partial charge in [-0.05, 0) is 37.6 Å². The minimum atomic E-state index is 0.515. The Bertz CT molecular complexity index is 795. The molecule has 0 radical (unpaired) electrons. The molecule has 0 fully saturated rings. The highest BCUT2D eigenvalue weighted by molar-refractivity contribution is 7.14. The van der Waals surface area contributed by atoms with Crippen molar-refractivity contribution in [1.29, 1.82) is 0 Å². The van der Waals surface area contributed by atoms with E-state index in [0.29, 0.717) is 18.0 Å². The molecule has 0 bridgehead atoms. The number of ether oxygens (including phenoxy) is 1. The Kier molecular flexibility index (Phi) is 4.11. The molecule has 3 rings (SSSR count). The lowest BCUT2D eigenvalue weighted by molar-refractivity contribution is 0.308. The lowest BCUT2D eigenvalue weighted by atomic mass is 10.1. The molecule has 1 aromatic heterocycles. The Morgan fingerprint density at radius 3 is 2.68 bits per heavy atom. The smallest absolute Gasteiger partial charge is 0.142 e. The Hall–Kier alpha value is -2.33. The van der Waals surface area contributed by atoms with E-state index in [-0.39, 0.29) is 0 Å². The summed E-state index contributed by atoms with van der Waals surface area (Å²) in [5.74, 6) is 0.707. The third-order valence-electron chi connectivity index (χ3n) is 3.35. The lowest BCUT2D eigenvalue weighted by Gasteiger charge is -2.10. The highest BCUT2D eigenvalue weighted by Crippen LogP contribution is 2.31. The average molecular weight is 310 g/mol. The van der Waals surface area contributed by atoms with E-state index >= 15 is 0 Å². The van der Waals surface area contributed by atoms with Crippen LogP contribution in [0, 0.1) is 13.8 Å². The van der Waals surface area contributed by atoms with Crippen LogP contribution in [0.3, 0.4) is 0 Å². The summed E-state index contributed by atoms with van der Waals surface area (Å²) in [5, 5.41) is 0.981. The zero-order chi connectivity index (χ0) is 15.5. The van der Waals surface area contributed by atoms with E-state index in [2.05, 4.69) is 30.1 Å². The Balaban J connectivity index is 1.75. The van der Waals surface area contributed by atoms with Crippen LogP contribution in [0.15, 0.2) is 48.7 Å². The van der Waals surface area contributed by atoms with E-state index in [1.165, 1.54) is 10.4 Å². The number of rotatable bonds is 4. The van der Waals surface area contributed by atoms with Crippen LogP contribution in [-0.4, -0.2) is 4.98 Å². The van der Waals surface area contributed by atoms with Gasteiger partial charge in [-0.15, -0.1) is 11.3 Å². The summed E-state index contributed by atoms with van der Waals surface area (Å²) in [6.07, 6.45) is 1.87. The molecule has 2 aromatic carbocycles. The highest BCUT2D eigenvalue weighted by Gasteiger charge is 2.07. The molecule has 0 saturated carbocycles. The zero-order valence-corrected chi connectivity index (χ0v) is 13.5. The van der Waals surface area contributed by atoms with Gasteiger partial charge < -0.3 is 10.5 Å². The van der Waals surface area contributed by atoms with Crippen LogP contribution in [0.25, 0.3) is 10.6 Å². The predicted octanol–water partition coefficient (Wildman–Crippen LogP) is 4.59. The molecule has 22 heavy (non-hydrogen) atoms. The standard InChI is InChI=1S/C18H18N2OS/c1-12-4-3-5-14(8-12)11-21-17-7-6-15(9-16(17)19)18-20-10-13(2)22-18/h3-10H,11,19H2,1-2H3. The molecule has 0 amide bonds. The largest absolute Gasteiger partial charge is 0.487 e. The van der Waals surface area contributed by atoms with Crippen molar-refractivity contribution in [2.75, 3.05) is 5.73 Å². The summed E-state index contributed by atoms with van der Waals surface area (Å²) in [4.78, 5) is 5.57. The molecule has 0 aliphatic rings. The van der Waals surface area contributed by atoms with Gasteiger partial charge in [0.15, 0.2) is 0 Å². The van der Waals surface area contributed by atoms with Crippen molar-refractivity contribution in [1.82, 2.24) is 4.98 Å². The SMILES string of the molecule is Cc1cccc(COc2ccc(-c3ncc(C)s3)cc2N)c1. The Labute approximate surface area is 134 Å². The van der Waals surface area contributed by atoms with Crippen LogP contribution in [0.5, 0.6) is 5.75 Å². The molecule has 112 valence electrons. The van der Waals surface area contributed by atoms with E-state index in [4.69, 9.17) is 10.5 Å². The van der Waals surface area contributed by atoms with Crippen molar-refractivity contribution >= 4 is 17.0 Å². The number of aryl methyl sites for hydroxylation is 2. The fourth-order valence-corrected chi connectivity index (χ4v) is 3.02. The second kappa shape index (κ2) is 6.20. The number of benzene rings is 2. The number of nitrogen functional groups attached to an aromatic ring is 1. The average Bonchev–Trinajstić information content (AvgIpc) is 2.93. The summed E-state index contributed by atoms with van der Waals surface area (Å²) in [6.45, 7) is 4.63. The topological polar surface area (TPSA) is 48.1 Å². The Morgan fingerprint density at radius 1 is 1.14 bits per heavy atom. The maximum Gasteiger partial charge on any atom is 0.142 e. The molecule has 3 nitrogen and oxygen atoms in total. The molecule has 1 heterocycles. The molecule has 0 spiro atoms. The summed E-state index contributed by atoms with van der Waals surface area (Å²) < 4.78 is 5.83. The molecule has 4 heteroatoms. The summed E-state index contributed by atoms with van der Waals surface area (Å²) >= 11 is 1.66. The maximum absolute atomic E-state index is 6.11. The molecular formula is C18H18N2OS. The van der Waals surface area contributed by atoms with Gasteiger partial charge in [0.25, 0.3) is 0 Å². The number of nitrogens with zero attached hydrogens (tertiary/aromatic N) is 1. The fourth-order valence-electron chi connectivity index (χ4n) is 2.26. The minimum Gasteiger partial charge on any atom is -0.487 e. The zero-order valence-electron chi connectivity index (χ0n) is 12.7. The molecular weight excluding hydrogens is 292 g/mol. The summed E-state index contributed by atoms with van der Waals surface area (Å²) in [7, 11) is 0. The number of hydrogen-bond donors (Lipinski definition) is 1. The minimum absolute atomic E-state index is 0.515. The quantitative estimate of drug-likeness (QED) is 0.717. The van der Waals surface area contributed by atoms with Crippen LogP contribution in [0.4, 0.5) is 5.69 Å². The number of hydrogen-bond acceptors (Lipinski definition) is 4. The predicted molar refractivity (Wildman–Crippen MR) is 92.2 cm³/mol. The van der Waals surface area contributed by atoms with Gasteiger partial charge in [-0.1, -0.05) is 29.8 Å². The number of aromatic nitrogens is 1. The van der Waals surface area contributed by atoms with Gasteiger partial charge in [0.2, 0.25) is 0 Å². The van der Waals surface area contributed by atoms with Crippen molar-refractivity contribution in [3.63, 3.8) is 0 Å². The van der Waals surface area contributed by atoms with E-state index in [1.54, 1.807) is 11.3 Å². The number of nitrogens with two attached hydrogens (primary N) is 1. The van der Waals surface area contributed by atoms with Gasteiger partial charge in [0.1, 0.15) is 17.4 Å². The van der Waals surface area contributed by atoms with Gasteiger partial charge in [0.05, 0.1) is 5.69 Å².